The third-order valence-electron chi connectivity index (χ3n) is 4.73. The molecule has 1 aliphatic heterocycles. The summed E-state index contributed by atoms with van der Waals surface area (Å²) in [5, 5.41) is 9.21. The number of rotatable bonds is 7. The number of hydrogen-bond acceptors (Lipinski definition) is 3. The van der Waals surface area contributed by atoms with Gasteiger partial charge in [0.25, 0.3) is 0 Å². The number of amides is 1. The van der Waals surface area contributed by atoms with Crippen LogP contribution < -0.4 is 4.74 Å². The number of hydrogen-bond donors (Lipinski definition) is 1. The summed E-state index contributed by atoms with van der Waals surface area (Å²) in [5.41, 5.74) is 1.49. The lowest BCUT2D eigenvalue weighted by atomic mass is 9.90. The van der Waals surface area contributed by atoms with E-state index in [4.69, 9.17) is 4.74 Å². The van der Waals surface area contributed by atoms with Gasteiger partial charge in [-0.2, -0.15) is 0 Å². The number of aliphatic carboxylic acids is 1. The van der Waals surface area contributed by atoms with Crippen LogP contribution in [0.5, 0.6) is 5.75 Å². The fourth-order valence-corrected chi connectivity index (χ4v) is 2.93. The molecule has 132 valence electrons. The summed E-state index contributed by atoms with van der Waals surface area (Å²) in [6, 6.07) is 6.13. The Bertz CT molecular complexity index is 613. The molecule has 24 heavy (non-hydrogen) atoms. The van der Waals surface area contributed by atoms with Gasteiger partial charge in [0.1, 0.15) is 5.75 Å². The van der Waals surface area contributed by atoms with E-state index in [1.165, 1.54) is 5.56 Å². The van der Waals surface area contributed by atoms with Gasteiger partial charge in [0.2, 0.25) is 5.91 Å². The van der Waals surface area contributed by atoms with Crippen LogP contribution in [0.4, 0.5) is 0 Å². The van der Waals surface area contributed by atoms with Crippen LogP contribution in [-0.2, 0) is 9.59 Å². The van der Waals surface area contributed by atoms with Gasteiger partial charge in [-0.15, -0.1) is 0 Å². The normalized spacial score (nSPS) is 20.2. The zero-order chi connectivity index (χ0) is 17.7. The topological polar surface area (TPSA) is 66.8 Å². The number of benzene rings is 1. The van der Waals surface area contributed by atoms with E-state index in [0.717, 1.165) is 24.2 Å². The predicted octanol–water partition coefficient (Wildman–Crippen LogP) is 3.18. The molecule has 1 N–H and O–H groups in total. The minimum atomic E-state index is -0.820. The first-order valence-electron chi connectivity index (χ1n) is 8.53. The van der Waals surface area contributed by atoms with Gasteiger partial charge in [0.15, 0.2) is 0 Å². The van der Waals surface area contributed by atoms with Crippen molar-refractivity contribution in [3.05, 3.63) is 29.3 Å². The standard InChI is InChI=1S/C19H27NO4/c1-14-7-8-15(2)16(12-14)24-11-5-4-6-17(21)20-10-9-19(3,13-20)18(22)23/h7-8,12H,4-6,9-11,13H2,1-3H3,(H,22,23). The highest BCUT2D eigenvalue weighted by atomic mass is 16.5. The molecule has 1 fully saturated rings. The molecule has 1 aromatic rings. The molecule has 0 bridgehead atoms. The third-order valence-corrected chi connectivity index (χ3v) is 4.73. The third kappa shape index (κ3) is 4.49. The Morgan fingerprint density at radius 1 is 1.29 bits per heavy atom. The van der Waals surface area contributed by atoms with Crippen LogP contribution in [0.1, 0.15) is 43.7 Å². The lowest BCUT2D eigenvalue weighted by Gasteiger charge is -2.20. The number of unbranched alkanes of at least 4 members (excludes halogenated alkanes) is 1. The van der Waals surface area contributed by atoms with E-state index in [1.54, 1.807) is 11.8 Å². The molecule has 1 heterocycles. The van der Waals surface area contributed by atoms with Crippen molar-refractivity contribution < 1.29 is 19.4 Å². The SMILES string of the molecule is Cc1ccc(C)c(OCCCCC(=O)N2CCC(C)(C(=O)O)C2)c1. The van der Waals surface area contributed by atoms with Crippen molar-refractivity contribution in [1.29, 1.82) is 0 Å². The Morgan fingerprint density at radius 3 is 2.71 bits per heavy atom. The molecule has 1 unspecified atom stereocenters. The molecular formula is C19H27NO4. The van der Waals surface area contributed by atoms with Crippen molar-refractivity contribution in [2.45, 2.75) is 46.5 Å². The summed E-state index contributed by atoms with van der Waals surface area (Å²) in [6.45, 7) is 7.21. The first-order valence-corrected chi connectivity index (χ1v) is 8.53. The molecule has 1 aromatic carbocycles. The summed E-state index contributed by atoms with van der Waals surface area (Å²) in [4.78, 5) is 25.1. The second-order valence-corrected chi connectivity index (χ2v) is 7.01. The number of carbonyl (C=O) groups excluding carboxylic acids is 1. The summed E-state index contributed by atoms with van der Waals surface area (Å²) in [6.07, 6.45) is 2.54. The highest BCUT2D eigenvalue weighted by Gasteiger charge is 2.41. The second kappa shape index (κ2) is 7.69. The van der Waals surface area contributed by atoms with Gasteiger partial charge in [0.05, 0.1) is 12.0 Å². The van der Waals surface area contributed by atoms with Crippen LogP contribution in [0.15, 0.2) is 18.2 Å². The molecule has 1 saturated heterocycles. The molecule has 1 amide bonds. The van der Waals surface area contributed by atoms with Crippen LogP contribution in [0.3, 0.4) is 0 Å². The summed E-state index contributed by atoms with van der Waals surface area (Å²) in [5.74, 6) is 0.129. The Labute approximate surface area is 143 Å². The molecular weight excluding hydrogens is 306 g/mol. The van der Waals surface area contributed by atoms with Gasteiger partial charge < -0.3 is 14.7 Å². The number of carboxylic acids is 1. The summed E-state index contributed by atoms with van der Waals surface area (Å²) in [7, 11) is 0. The maximum atomic E-state index is 12.2. The van der Waals surface area contributed by atoms with Crippen LogP contribution in [0.25, 0.3) is 0 Å². The van der Waals surface area contributed by atoms with Crippen molar-refractivity contribution in [3.63, 3.8) is 0 Å². The van der Waals surface area contributed by atoms with Crippen molar-refractivity contribution >= 4 is 11.9 Å². The smallest absolute Gasteiger partial charge is 0.311 e. The predicted molar refractivity (Wildman–Crippen MR) is 92.2 cm³/mol. The molecule has 0 spiro atoms. The maximum absolute atomic E-state index is 12.2. The van der Waals surface area contributed by atoms with E-state index < -0.39 is 11.4 Å². The molecule has 0 radical (unpaired) electrons. The average molecular weight is 333 g/mol. The number of nitrogens with zero attached hydrogens (tertiary/aromatic N) is 1. The summed E-state index contributed by atoms with van der Waals surface area (Å²) < 4.78 is 5.79. The average Bonchev–Trinajstić information content (AvgIpc) is 2.94. The van der Waals surface area contributed by atoms with Crippen molar-refractivity contribution in [2.24, 2.45) is 5.41 Å². The van der Waals surface area contributed by atoms with Crippen LogP contribution in [0.2, 0.25) is 0 Å². The lowest BCUT2D eigenvalue weighted by Crippen LogP contribution is -2.34. The second-order valence-electron chi connectivity index (χ2n) is 7.01. The van der Waals surface area contributed by atoms with Crippen LogP contribution in [-0.4, -0.2) is 41.6 Å². The molecule has 1 aliphatic rings. The first kappa shape index (κ1) is 18.3. The van der Waals surface area contributed by atoms with Gasteiger partial charge in [0, 0.05) is 19.5 Å². The van der Waals surface area contributed by atoms with E-state index >= 15 is 0 Å². The fourth-order valence-electron chi connectivity index (χ4n) is 2.93. The highest BCUT2D eigenvalue weighted by molar-refractivity contribution is 5.80. The quantitative estimate of drug-likeness (QED) is 0.778. The van der Waals surface area contributed by atoms with Crippen molar-refractivity contribution in [1.82, 2.24) is 4.90 Å². The molecule has 5 heteroatoms. The van der Waals surface area contributed by atoms with Crippen LogP contribution in [0, 0.1) is 19.3 Å². The number of carboxylic acid groups (broad SMARTS) is 1. The monoisotopic (exact) mass is 333 g/mol. The van der Waals surface area contributed by atoms with Gasteiger partial charge in [-0.25, -0.2) is 0 Å². The minimum absolute atomic E-state index is 0.0479. The number of ether oxygens (including phenoxy) is 1. The maximum Gasteiger partial charge on any atom is 0.311 e. The molecule has 0 saturated carbocycles. The first-order chi connectivity index (χ1) is 11.3. The minimum Gasteiger partial charge on any atom is -0.493 e. The molecule has 0 aliphatic carbocycles. The van der Waals surface area contributed by atoms with E-state index in [9.17, 15) is 14.7 Å². The van der Waals surface area contributed by atoms with Gasteiger partial charge in [-0.1, -0.05) is 12.1 Å². The highest BCUT2D eigenvalue weighted by Crippen LogP contribution is 2.30. The van der Waals surface area contributed by atoms with Gasteiger partial charge in [-0.3, -0.25) is 9.59 Å². The van der Waals surface area contributed by atoms with Crippen LogP contribution >= 0.6 is 0 Å². The number of carbonyl (C=O) groups is 2. The molecule has 1 atom stereocenters. The molecule has 2 rings (SSSR count). The number of aryl methyl sites for hydroxylation is 2. The Balaban J connectivity index is 1.68. The Hall–Kier alpha value is -2.04. The van der Waals surface area contributed by atoms with E-state index in [-0.39, 0.29) is 5.91 Å². The largest absolute Gasteiger partial charge is 0.493 e. The lowest BCUT2D eigenvalue weighted by molar-refractivity contribution is -0.147. The zero-order valence-corrected chi connectivity index (χ0v) is 14.8. The van der Waals surface area contributed by atoms with Gasteiger partial charge >= 0.3 is 5.97 Å². The zero-order valence-electron chi connectivity index (χ0n) is 14.8. The Kier molecular flexibility index (Phi) is 5.86. The molecule has 5 nitrogen and oxygen atoms in total. The van der Waals surface area contributed by atoms with Crippen molar-refractivity contribution in [3.8, 4) is 5.75 Å². The summed E-state index contributed by atoms with van der Waals surface area (Å²) >= 11 is 0. The van der Waals surface area contributed by atoms with E-state index in [0.29, 0.717) is 32.5 Å². The number of likely N-dealkylation sites (tertiary alicyclic amines) is 1. The van der Waals surface area contributed by atoms with Crippen molar-refractivity contribution in [2.75, 3.05) is 19.7 Å². The molecule has 0 aromatic heterocycles. The Morgan fingerprint density at radius 2 is 2.04 bits per heavy atom. The fraction of sp³-hybridized carbons (Fsp3) is 0.579. The van der Waals surface area contributed by atoms with Gasteiger partial charge in [-0.05, 0) is 57.2 Å². The van der Waals surface area contributed by atoms with E-state index in [2.05, 4.69) is 6.07 Å². The van der Waals surface area contributed by atoms with E-state index in [1.807, 2.05) is 26.0 Å².